The third kappa shape index (κ3) is 3.26. The number of ketones is 1. The highest BCUT2D eigenvalue weighted by Crippen LogP contribution is 2.09. The molecule has 72 valence electrons. The van der Waals surface area contributed by atoms with Crippen LogP contribution in [0.15, 0.2) is 17.5 Å². The van der Waals surface area contributed by atoms with Crippen molar-refractivity contribution in [2.24, 2.45) is 5.73 Å². The molecule has 1 aromatic rings. The summed E-state index contributed by atoms with van der Waals surface area (Å²) in [6, 6.07) is 3.36. The molecule has 0 aliphatic carbocycles. The standard InChI is InChI=1S/C9H13NO2S/c1-12-6-8(10)9(11)5-7-3-2-4-13-7/h2-4,8H,5-6,10H2,1H3. The van der Waals surface area contributed by atoms with Crippen LogP contribution in [0.2, 0.25) is 0 Å². The summed E-state index contributed by atoms with van der Waals surface area (Å²) in [6.07, 6.45) is 0.419. The minimum absolute atomic E-state index is 0.0318. The molecule has 0 aliphatic rings. The van der Waals surface area contributed by atoms with E-state index in [1.54, 1.807) is 11.3 Å². The highest BCUT2D eigenvalue weighted by molar-refractivity contribution is 7.10. The third-order valence-electron chi connectivity index (χ3n) is 1.69. The molecule has 0 amide bonds. The van der Waals surface area contributed by atoms with Gasteiger partial charge < -0.3 is 10.5 Å². The van der Waals surface area contributed by atoms with Gasteiger partial charge in [-0.25, -0.2) is 0 Å². The summed E-state index contributed by atoms with van der Waals surface area (Å²) in [5.41, 5.74) is 5.57. The molecule has 3 nitrogen and oxygen atoms in total. The molecule has 0 spiro atoms. The van der Waals surface area contributed by atoms with Crippen molar-refractivity contribution in [1.29, 1.82) is 0 Å². The maximum atomic E-state index is 11.4. The summed E-state index contributed by atoms with van der Waals surface area (Å²) < 4.78 is 4.80. The summed E-state index contributed by atoms with van der Waals surface area (Å²) in [4.78, 5) is 12.5. The lowest BCUT2D eigenvalue weighted by Gasteiger charge is -2.07. The number of rotatable bonds is 5. The molecular formula is C9H13NO2S. The molecule has 0 saturated heterocycles. The van der Waals surface area contributed by atoms with Gasteiger partial charge in [-0.1, -0.05) is 6.07 Å². The van der Waals surface area contributed by atoms with E-state index in [0.29, 0.717) is 13.0 Å². The number of carbonyl (C=O) groups is 1. The minimum Gasteiger partial charge on any atom is -0.383 e. The van der Waals surface area contributed by atoms with Crippen LogP contribution < -0.4 is 5.73 Å². The number of ether oxygens (including phenoxy) is 1. The first-order valence-electron chi connectivity index (χ1n) is 4.03. The van der Waals surface area contributed by atoms with E-state index in [1.807, 2.05) is 17.5 Å². The SMILES string of the molecule is COCC(N)C(=O)Cc1cccs1. The van der Waals surface area contributed by atoms with Crippen molar-refractivity contribution < 1.29 is 9.53 Å². The lowest BCUT2D eigenvalue weighted by atomic mass is 10.1. The largest absolute Gasteiger partial charge is 0.383 e. The Labute approximate surface area is 81.5 Å². The molecule has 1 aromatic heterocycles. The number of thiophene rings is 1. The van der Waals surface area contributed by atoms with Crippen molar-refractivity contribution in [3.8, 4) is 0 Å². The Morgan fingerprint density at radius 1 is 1.77 bits per heavy atom. The normalized spacial score (nSPS) is 12.8. The van der Waals surface area contributed by atoms with Crippen LogP contribution in [0.4, 0.5) is 0 Å². The van der Waals surface area contributed by atoms with Crippen LogP contribution in [0, 0.1) is 0 Å². The predicted octanol–water partition coefficient (Wildman–Crippen LogP) is 0.833. The van der Waals surface area contributed by atoms with Gasteiger partial charge in [-0.3, -0.25) is 4.79 Å². The summed E-state index contributed by atoms with van der Waals surface area (Å²) in [6.45, 7) is 0.296. The third-order valence-corrected chi connectivity index (χ3v) is 2.56. The quantitative estimate of drug-likeness (QED) is 0.764. The summed E-state index contributed by atoms with van der Waals surface area (Å²) >= 11 is 1.57. The molecule has 0 fully saturated rings. The van der Waals surface area contributed by atoms with E-state index in [2.05, 4.69) is 0 Å². The fraction of sp³-hybridized carbons (Fsp3) is 0.444. The molecule has 2 N–H and O–H groups in total. The van der Waals surface area contributed by atoms with Crippen LogP contribution in [0.1, 0.15) is 4.88 Å². The second-order valence-electron chi connectivity index (χ2n) is 2.78. The van der Waals surface area contributed by atoms with Crippen molar-refractivity contribution >= 4 is 17.1 Å². The van der Waals surface area contributed by atoms with Crippen molar-refractivity contribution in [3.63, 3.8) is 0 Å². The first-order chi connectivity index (χ1) is 6.24. The summed E-state index contributed by atoms with van der Waals surface area (Å²) in [7, 11) is 1.54. The number of nitrogens with two attached hydrogens (primary N) is 1. The summed E-state index contributed by atoms with van der Waals surface area (Å²) in [5.74, 6) is 0.0318. The Bertz CT molecular complexity index is 259. The predicted molar refractivity (Wildman–Crippen MR) is 52.9 cm³/mol. The number of Topliss-reactive ketones (excluding diaryl/α,β-unsaturated/α-hetero) is 1. The molecular weight excluding hydrogens is 186 g/mol. The van der Waals surface area contributed by atoms with Crippen molar-refractivity contribution in [1.82, 2.24) is 0 Å². The van der Waals surface area contributed by atoms with Crippen LogP contribution >= 0.6 is 11.3 Å². The zero-order valence-electron chi connectivity index (χ0n) is 7.53. The monoisotopic (exact) mass is 199 g/mol. The minimum atomic E-state index is -0.493. The fourth-order valence-electron chi connectivity index (χ4n) is 0.988. The zero-order chi connectivity index (χ0) is 9.68. The van der Waals surface area contributed by atoms with Gasteiger partial charge in [0.25, 0.3) is 0 Å². The molecule has 1 rings (SSSR count). The number of carbonyl (C=O) groups excluding carboxylic acids is 1. The van der Waals surface area contributed by atoms with Crippen LogP contribution in [-0.4, -0.2) is 25.5 Å². The Balaban J connectivity index is 2.41. The fourth-order valence-corrected chi connectivity index (χ4v) is 1.70. The van der Waals surface area contributed by atoms with E-state index in [0.717, 1.165) is 4.88 Å². The first-order valence-corrected chi connectivity index (χ1v) is 4.91. The van der Waals surface area contributed by atoms with E-state index in [-0.39, 0.29) is 5.78 Å². The van der Waals surface area contributed by atoms with E-state index in [9.17, 15) is 4.79 Å². The number of hydrogen-bond donors (Lipinski definition) is 1. The molecule has 0 aromatic carbocycles. The van der Waals surface area contributed by atoms with Crippen molar-refractivity contribution in [3.05, 3.63) is 22.4 Å². The number of hydrogen-bond acceptors (Lipinski definition) is 4. The maximum absolute atomic E-state index is 11.4. The molecule has 0 saturated carbocycles. The lowest BCUT2D eigenvalue weighted by molar-refractivity contribution is -0.120. The van der Waals surface area contributed by atoms with E-state index >= 15 is 0 Å². The smallest absolute Gasteiger partial charge is 0.157 e. The Kier molecular flexibility index (Phi) is 4.08. The average Bonchev–Trinajstić information content (AvgIpc) is 2.57. The topological polar surface area (TPSA) is 52.3 Å². The number of methoxy groups -OCH3 is 1. The van der Waals surface area contributed by atoms with Gasteiger partial charge in [0.05, 0.1) is 12.6 Å². The highest BCUT2D eigenvalue weighted by atomic mass is 32.1. The van der Waals surface area contributed by atoms with E-state index in [1.165, 1.54) is 7.11 Å². The Hall–Kier alpha value is -0.710. The molecule has 1 heterocycles. The lowest BCUT2D eigenvalue weighted by Crippen LogP contribution is -2.35. The van der Waals surface area contributed by atoms with Gasteiger partial charge in [0.1, 0.15) is 0 Å². The van der Waals surface area contributed by atoms with Crippen LogP contribution in [0.3, 0.4) is 0 Å². The van der Waals surface area contributed by atoms with Gasteiger partial charge >= 0.3 is 0 Å². The molecule has 13 heavy (non-hydrogen) atoms. The van der Waals surface area contributed by atoms with Gasteiger partial charge in [0.2, 0.25) is 0 Å². The van der Waals surface area contributed by atoms with Crippen molar-refractivity contribution in [2.75, 3.05) is 13.7 Å². The molecule has 1 atom stereocenters. The van der Waals surface area contributed by atoms with Gasteiger partial charge in [0, 0.05) is 18.4 Å². The average molecular weight is 199 g/mol. The van der Waals surface area contributed by atoms with Gasteiger partial charge in [0.15, 0.2) is 5.78 Å². The second kappa shape index (κ2) is 5.11. The Morgan fingerprint density at radius 3 is 3.08 bits per heavy atom. The van der Waals surface area contributed by atoms with E-state index in [4.69, 9.17) is 10.5 Å². The molecule has 1 unspecified atom stereocenters. The van der Waals surface area contributed by atoms with E-state index < -0.39 is 6.04 Å². The second-order valence-corrected chi connectivity index (χ2v) is 3.82. The van der Waals surface area contributed by atoms with Crippen LogP contribution in [-0.2, 0) is 16.0 Å². The molecule has 0 aliphatic heterocycles. The Morgan fingerprint density at radius 2 is 2.54 bits per heavy atom. The molecule has 4 heteroatoms. The van der Waals surface area contributed by atoms with Crippen LogP contribution in [0.25, 0.3) is 0 Å². The van der Waals surface area contributed by atoms with Gasteiger partial charge in [-0.05, 0) is 11.4 Å². The summed E-state index contributed by atoms with van der Waals surface area (Å²) in [5, 5.41) is 1.95. The zero-order valence-corrected chi connectivity index (χ0v) is 8.34. The molecule has 0 radical (unpaired) electrons. The highest BCUT2D eigenvalue weighted by Gasteiger charge is 2.13. The maximum Gasteiger partial charge on any atom is 0.157 e. The van der Waals surface area contributed by atoms with Gasteiger partial charge in [-0.2, -0.15) is 0 Å². The van der Waals surface area contributed by atoms with Crippen LogP contribution in [0.5, 0.6) is 0 Å². The van der Waals surface area contributed by atoms with Crippen molar-refractivity contribution in [2.45, 2.75) is 12.5 Å². The van der Waals surface area contributed by atoms with Gasteiger partial charge in [-0.15, -0.1) is 11.3 Å². The molecule has 0 bridgehead atoms. The first kappa shape index (κ1) is 10.4.